The Kier molecular flexibility index (Phi) is 4.23. The van der Waals surface area contributed by atoms with E-state index in [1.165, 1.54) is 0 Å². The van der Waals surface area contributed by atoms with Crippen LogP contribution in [0.1, 0.15) is 11.7 Å². The van der Waals surface area contributed by atoms with Gasteiger partial charge in [0.25, 0.3) is 0 Å². The van der Waals surface area contributed by atoms with Crippen molar-refractivity contribution in [3.05, 3.63) is 48.6 Å². The zero-order chi connectivity index (χ0) is 9.52. The molecule has 0 fully saturated rings. The van der Waals surface area contributed by atoms with Crippen molar-refractivity contribution in [2.45, 2.75) is 6.10 Å². The molecule has 0 heterocycles. The van der Waals surface area contributed by atoms with Crippen LogP contribution >= 0.6 is 0 Å². The van der Waals surface area contributed by atoms with Crippen molar-refractivity contribution in [1.82, 2.24) is 0 Å². The van der Waals surface area contributed by atoms with E-state index >= 15 is 0 Å². The van der Waals surface area contributed by atoms with Crippen molar-refractivity contribution in [2.24, 2.45) is 0 Å². The molecule has 0 aliphatic rings. The number of hydrogen-bond acceptors (Lipinski definition) is 2. The first-order valence-corrected chi connectivity index (χ1v) is 4.26. The van der Waals surface area contributed by atoms with Gasteiger partial charge in [0, 0.05) is 0 Å². The van der Waals surface area contributed by atoms with Crippen LogP contribution in [0.2, 0.25) is 0 Å². The summed E-state index contributed by atoms with van der Waals surface area (Å²) in [5, 5.41) is 9.59. The van der Waals surface area contributed by atoms with E-state index in [0.29, 0.717) is 13.2 Å². The van der Waals surface area contributed by atoms with Crippen LogP contribution in [-0.4, -0.2) is 18.3 Å². The van der Waals surface area contributed by atoms with Crippen molar-refractivity contribution in [3.8, 4) is 0 Å². The van der Waals surface area contributed by atoms with E-state index in [0.717, 1.165) is 5.56 Å². The zero-order valence-electron chi connectivity index (χ0n) is 7.52. The zero-order valence-corrected chi connectivity index (χ0v) is 7.52. The van der Waals surface area contributed by atoms with Gasteiger partial charge in [-0.15, -0.1) is 6.58 Å². The van der Waals surface area contributed by atoms with Crippen molar-refractivity contribution >= 4 is 0 Å². The Morgan fingerprint density at radius 3 is 2.69 bits per heavy atom. The highest BCUT2D eigenvalue weighted by Gasteiger charge is 2.05. The maximum atomic E-state index is 9.59. The van der Waals surface area contributed by atoms with Gasteiger partial charge in [-0.2, -0.15) is 0 Å². The average molecular weight is 178 g/mol. The van der Waals surface area contributed by atoms with E-state index in [2.05, 4.69) is 6.58 Å². The minimum absolute atomic E-state index is 0.316. The summed E-state index contributed by atoms with van der Waals surface area (Å²) in [5.41, 5.74) is 0.881. The Bertz CT molecular complexity index is 244. The second-order valence-corrected chi connectivity index (χ2v) is 2.75. The van der Waals surface area contributed by atoms with Crippen LogP contribution in [0.3, 0.4) is 0 Å². The molecule has 0 aliphatic carbocycles. The molecule has 0 saturated carbocycles. The van der Waals surface area contributed by atoms with Gasteiger partial charge in [0.1, 0.15) is 6.10 Å². The highest BCUT2D eigenvalue weighted by molar-refractivity contribution is 5.17. The molecule has 0 aromatic heterocycles. The van der Waals surface area contributed by atoms with Crippen LogP contribution in [-0.2, 0) is 4.74 Å². The summed E-state index contributed by atoms with van der Waals surface area (Å²) < 4.78 is 5.13. The smallest absolute Gasteiger partial charge is 0.102 e. The molecule has 0 saturated heterocycles. The molecule has 0 bridgehead atoms. The topological polar surface area (TPSA) is 29.5 Å². The largest absolute Gasteiger partial charge is 0.386 e. The van der Waals surface area contributed by atoms with Crippen molar-refractivity contribution in [1.29, 1.82) is 0 Å². The lowest BCUT2D eigenvalue weighted by atomic mass is 10.1. The van der Waals surface area contributed by atoms with Crippen LogP contribution in [0.25, 0.3) is 0 Å². The fourth-order valence-corrected chi connectivity index (χ4v) is 1.03. The summed E-state index contributed by atoms with van der Waals surface area (Å²) >= 11 is 0. The van der Waals surface area contributed by atoms with E-state index < -0.39 is 6.10 Å². The van der Waals surface area contributed by atoms with E-state index in [1.807, 2.05) is 30.3 Å². The van der Waals surface area contributed by atoms with Gasteiger partial charge < -0.3 is 9.84 Å². The molecule has 1 N–H and O–H groups in total. The van der Waals surface area contributed by atoms with E-state index in [9.17, 15) is 5.11 Å². The van der Waals surface area contributed by atoms with Gasteiger partial charge in [-0.05, 0) is 5.56 Å². The van der Waals surface area contributed by atoms with Crippen molar-refractivity contribution in [2.75, 3.05) is 13.2 Å². The standard InChI is InChI=1S/C11H14O2/c1-2-8-13-9-11(12)10-6-4-3-5-7-10/h2-7,11-12H,1,8-9H2. The maximum absolute atomic E-state index is 9.59. The van der Waals surface area contributed by atoms with E-state index in [4.69, 9.17) is 4.74 Å². The van der Waals surface area contributed by atoms with Gasteiger partial charge >= 0.3 is 0 Å². The van der Waals surface area contributed by atoms with Gasteiger partial charge in [-0.25, -0.2) is 0 Å². The third-order valence-corrected chi connectivity index (χ3v) is 1.70. The summed E-state index contributed by atoms with van der Waals surface area (Å²) in [7, 11) is 0. The predicted molar refractivity (Wildman–Crippen MR) is 52.4 cm³/mol. The summed E-state index contributed by atoms with van der Waals surface area (Å²) in [6.45, 7) is 4.32. The second-order valence-electron chi connectivity index (χ2n) is 2.75. The Morgan fingerprint density at radius 2 is 2.08 bits per heavy atom. The molecule has 1 atom stereocenters. The minimum Gasteiger partial charge on any atom is -0.386 e. The van der Waals surface area contributed by atoms with Gasteiger partial charge in [0.15, 0.2) is 0 Å². The molecular formula is C11H14O2. The molecule has 1 aromatic carbocycles. The molecule has 1 aromatic rings. The fraction of sp³-hybridized carbons (Fsp3) is 0.273. The van der Waals surface area contributed by atoms with Gasteiger partial charge in [-0.3, -0.25) is 0 Å². The van der Waals surface area contributed by atoms with Crippen LogP contribution in [0.15, 0.2) is 43.0 Å². The third kappa shape index (κ3) is 3.40. The third-order valence-electron chi connectivity index (χ3n) is 1.70. The number of aliphatic hydroxyl groups is 1. The number of rotatable bonds is 5. The van der Waals surface area contributed by atoms with Gasteiger partial charge in [0.2, 0.25) is 0 Å². The van der Waals surface area contributed by atoms with Crippen LogP contribution < -0.4 is 0 Å². The highest BCUT2D eigenvalue weighted by Crippen LogP contribution is 2.11. The molecule has 70 valence electrons. The maximum Gasteiger partial charge on any atom is 0.102 e. The predicted octanol–water partition coefficient (Wildman–Crippen LogP) is 1.92. The fourth-order valence-electron chi connectivity index (χ4n) is 1.03. The SMILES string of the molecule is C=CCOCC(O)c1ccccc1. The summed E-state index contributed by atoms with van der Waals surface area (Å²) in [4.78, 5) is 0. The monoisotopic (exact) mass is 178 g/mol. The van der Waals surface area contributed by atoms with Gasteiger partial charge in [0.05, 0.1) is 13.2 Å². The molecule has 2 nitrogen and oxygen atoms in total. The Hall–Kier alpha value is -1.12. The van der Waals surface area contributed by atoms with E-state index in [-0.39, 0.29) is 0 Å². The molecule has 1 unspecified atom stereocenters. The first-order valence-electron chi connectivity index (χ1n) is 4.26. The Morgan fingerprint density at radius 1 is 1.38 bits per heavy atom. The van der Waals surface area contributed by atoms with Crippen LogP contribution in [0.5, 0.6) is 0 Å². The minimum atomic E-state index is -0.541. The lowest BCUT2D eigenvalue weighted by molar-refractivity contribution is 0.0488. The quantitative estimate of drug-likeness (QED) is 0.551. The molecule has 0 spiro atoms. The second kappa shape index (κ2) is 5.51. The lowest BCUT2D eigenvalue weighted by Gasteiger charge is -2.09. The molecule has 1 rings (SSSR count). The van der Waals surface area contributed by atoms with Crippen molar-refractivity contribution < 1.29 is 9.84 Å². The first kappa shape index (κ1) is 9.96. The summed E-state index contributed by atoms with van der Waals surface area (Å²) in [6.07, 6.45) is 1.12. The first-order chi connectivity index (χ1) is 6.34. The molecule has 0 aliphatic heterocycles. The number of aliphatic hydroxyl groups excluding tert-OH is 1. The van der Waals surface area contributed by atoms with Gasteiger partial charge in [-0.1, -0.05) is 36.4 Å². The number of benzene rings is 1. The van der Waals surface area contributed by atoms with Crippen LogP contribution in [0.4, 0.5) is 0 Å². The van der Waals surface area contributed by atoms with Crippen molar-refractivity contribution in [3.63, 3.8) is 0 Å². The normalized spacial score (nSPS) is 12.4. The average Bonchev–Trinajstić information content (AvgIpc) is 2.19. The lowest BCUT2D eigenvalue weighted by Crippen LogP contribution is -2.06. The Balaban J connectivity index is 2.39. The number of ether oxygens (including phenoxy) is 1. The highest BCUT2D eigenvalue weighted by atomic mass is 16.5. The summed E-state index contributed by atoms with van der Waals surface area (Å²) in [6, 6.07) is 9.46. The molecule has 2 heteroatoms. The molecule has 13 heavy (non-hydrogen) atoms. The number of hydrogen-bond donors (Lipinski definition) is 1. The molecular weight excluding hydrogens is 164 g/mol. The molecule has 0 amide bonds. The van der Waals surface area contributed by atoms with Crippen LogP contribution in [0, 0.1) is 0 Å². The molecule has 0 radical (unpaired) electrons. The van der Waals surface area contributed by atoms with E-state index in [1.54, 1.807) is 6.08 Å². The summed E-state index contributed by atoms with van der Waals surface area (Å²) in [5.74, 6) is 0. The Labute approximate surface area is 78.5 Å².